The van der Waals surface area contributed by atoms with Crippen LogP contribution in [0, 0.1) is 11.8 Å². The van der Waals surface area contributed by atoms with E-state index in [1.54, 1.807) is 7.11 Å². The van der Waals surface area contributed by atoms with E-state index >= 15 is 0 Å². The number of rotatable bonds is 8. The normalized spacial score (nSPS) is 11.6. The van der Waals surface area contributed by atoms with Crippen molar-refractivity contribution in [1.29, 1.82) is 0 Å². The van der Waals surface area contributed by atoms with Gasteiger partial charge in [-0.25, -0.2) is 0 Å². The molecule has 0 aliphatic rings. The van der Waals surface area contributed by atoms with Crippen LogP contribution in [0.1, 0.15) is 46.1 Å². The SMILES string of the molecule is COc1cccc(CNC(CC(C)C)CC(C)C)c1. The van der Waals surface area contributed by atoms with Gasteiger partial charge >= 0.3 is 0 Å². The molecule has 0 aromatic heterocycles. The van der Waals surface area contributed by atoms with E-state index in [1.165, 1.54) is 18.4 Å². The molecule has 0 atom stereocenters. The highest BCUT2D eigenvalue weighted by Crippen LogP contribution is 2.16. The van der Waals surface area contributed by atoms with Gasteiger partial charge in [-0.2, -0.15) is 0 Å². The predicted octanol–water partition coefficient (Wildman–Crippen LogP) is 4.25. The first-order valence-electron chi connectivity index (χ1n) is 7.37. The van der Waals surface area contributed by atoms with Gasteiger partial charge in [0, 0.05) is 12.6 Å². The molecule has 108 valence electrons. The fraction of sp³-hybridized carbons (Fsp3) is 0.647. The van der Waals surface area contributed by atoms with Crippen LogP contribution in [0.25, 0.3) is 0 Å². The molecule has 0 bridgehead atoms. The minimum absolute atomic E-state index is 0.603. The number of methoxy groups -OCH3 is 1. The van der Waals surface area contributed by atoms with Crippen LogP contribution >= 0.6 is 0 Å². The Labute approximate surface area is 118 Å². The van der Waals surface area contributed by atoms with Crippen LogP contribution in [0.5, 0.6) is 5.75 Å². The maximum absolute atomic E-state index is 5.26. The van der Waals surface area contributed by atoms with E-state index in [2.05, 4.69) is 51.2 Å². The minimum atomic E-state index is 0.603. The minimum Gasteiger partial charge on any atom is -0.497 e. The van der Waals surface area contributed by atoms with E-state index in [9.17, 15) is 0 Å². The monoisotopic (exact) mass is 263 g/mol. The van der Waals surface area contributed by atoms with Crippen LogP contribution in [0.2, 0.25) is 0 Å². The Hall–Kier alpha value is -1.02. The van der Waals surface area contributed by atoms with E-state index in [0.29, 0.717) is 6.04 Å². The summed E-state index contributed by atoms with van der Waals surface area (Å²) >= 11 is 0. The Morgan fingerprint density at radius 3 is 2.21 bits per heavy atom. The third-order valence-corrected chi connectivity index (χ3v) is 3.24. The summed E-state index contributed by atoms with van der Waals surface area (Å²) in [5.74, 6) is 2.41. The Kier molecular flexibility index (Phi) is 6.93. The van der Waals surface area contributed by atoms with Crippen molar-refractivity contribution in [3.63, 3.8) is 0 Å². The Balaban J connectivity index is 2.54. The Morgan fingerprint density at radius 2 is 1.68 bits per heavy atom. The second-order valence-corrected chi connectivity index (χ2v) is 6.19. The standard InChI is InChI=1S/C17H29NO/c1-13(2)9-16(10-14(3)4)18-12-15-7-6-8-17(11-15)19-5/h6-8,11,13-14,16,18H,9-10,12H2,1-5H3. The molecule has 0 spiro atoms. The maximum Gasteiger partial charge on any atom is 0.119 e. The van der Waals surface area contributed by atoms with Crippen molar-refractivity contribution in [2.75, 3.05) is 7.11 Å². The van der Waals surface area contributed by atoms with Gasteiger partial charge < -0.3 is 10.1 Å². The first-order chi connectivity index (χ1) is 9.01. The first-order valence-corrected chi connectivity index (χ1v) is 7.37. The summed E-state index contributed by atoms with van der Waals surface area (Å²) < 4.78 is 5.26. The number of hydrogen-bond donors (Lipinski definition) is 1. The molecule has 19 heavy (non-hydrogen) atoms. The van der Waals surface area contributed by atoms with Crippen molar-refractivity contribution in [1.82, 2.24) is 5.32 Å². The van der Waals surface area contributed by atoms with Crippen LogP contribution in [-0.4, -0.2) is 13.2 Å². The molecule has 1 rings (SSSR count). The lowest BCUT2D eigenvalue weighted by Crippen LogP contribution is -2.31. The molecule has 0 amide bonds. The average Bonchev–Trinajstić information content (AvgIpc) is 2.35. The predicted molar refractivity (Wildman–Crippen MR) is 82.5 cm³/mol. The molecular formula is C17H29NO. The van der Waals surface area contributed by atoms with E-state index in [-0.39, 0.29) is 0 Å². The smallest absolute Gasteiger partial charge is 0.119 e. The molecule has 0 fully saturated rings. The zero-order chi connectivity index (χ0) is 14.3. The Bertz CT molecular complexity index is 350. The highest BCUT2D eigenvalue weighted by molar-refractivity contribution is 5.28. The van der Waals surface area contributed by atoms with Crippen LogP contribution in [0.4, 0.5) is 0 Å². The fourth-order valence-electron chi connectivity index (χ4n) is 2.45. The molecular weight excluding hydrogens is 234 g/mol. The molecule has 0 heterocycles. The maximum atomic E-state index is 5.26. The second-order valence-electron chi connectivity index (χ2n) is 6.19. The van der Waals surface area contributed by atoms with Crippen molar-refractivity contribution in [3.05, 3.63) is 29.8 Å². The average molecular weight is 263 g/mol. The topological polar surface area (TPSA) is 21.3 Å². The summed E-state index contributed by atoms with van der Waals surface area (Å²) in [4.78, 5) is 0. The lowest BCUT2D eigenvalue weighted by molar-refractivity contribution is 0.358. The largest absolute Gasteiger partial charge is 0.497 e. The molecule has 1 aromatic rings. The van der Waals surface area contributed by atoms with Gasteiger partial charge in [-0.05, 0) is 42.4 Å². The summed E-state index contributed by atoms with van der Waals surface area (Å²) in [7, 11) is 1.72. The quantitative estimate of drug-likeness (QED) is 0.757. The zero-order valence-electron chi connectivity index (χ0n) is 13.1. The van der Waals surface area contributed by atoms with Gasteiger partial charge in [0.2, 0.25) is 0 Å². The van der Waals surface area contributed by atoms with Gasteiger partial charge in [0.05, 0.1) is 7.11 Å². The third kappa shape index (κ3) is 6.63. The van der Waals surface area contributed by atoms with Gasteiger partial charge in [-0.1, -0.05) is 39.8 Å². The van der Waals surface area contributed by atoms with Gasteiger partial charge in [0.1, 0.15) is 5.75 Å². The lowest BCUT2D eigenvalue weighted by atomic mass is 9.95. The van der Waals surface area contributed by atoms with Gasteiger partial charge in [0.25, 0.3) is 0 Å². The van der Waals surface area contributed by atoms with Crippen LogP contribution in [0.15, 0.2) is 24.3 Å². The molecule has 0 aliphatic carbocycles. The summed E-state index contributed by atoms with van der Waals surface area (Å²) in [6.07, 6.45) is 2.48. The molecule has 2 heteroatoms. The van der Waals surface area contributed by atoms with Crippen LogP contribution in [0.3, 0.4) is 0 Å². The van der Waals surface area contributed by atoms with E-state index in [4.69, 9.17) is 4.74 Å². The van der Waals surface area contributed by atoms with Gasteiger partial charge in [0.15, 0.2) is 0 Å². The molecule has 2 nitrogen and oxygen atoms in total. The van der Waals surface area contributed by atoms with Crippen LogP contribution in [-0.2, 0) is 6.54 Å². The number of benzene rings is 1. The summed E-state index contributed by atoms with van der Waals surface area (Å²) in [6, 6.07) is 8.90. The van der Waals surface area contributed by atoms with Crippen molar-refractivity contribution in [2.24, 2.45) is 11.8 Å². The number of ether oxygens (including phenoxy) is 1. The van der Waals surface area contributed by atoms with E-state index < -0.39 is 0 Å². The molecule has 0 saturated heterocycles. The summed E-state index contributed by atoms with van der Waals surface area (Å²) in [5.41, 5.74) is 1.29. The van der Waals surface area contributed by atoms with Crippen molar-refractivity contribution in [2.45, 2.75) is 53.1 Å². The third-order valence-electron chi connectivity index (χ3n) is 3.24. The van der Waals surface area contributed by atoms with Crippen LogP contribution < -0.4 is 10.1 Å². The Morgan fingerprint density at radius 1 is 1.05 bits per heavy atom. The van der Waals surface area contributed by atoms with E-state index in [1.807, 2.05) is 6.07 Å². The molecule has 0 unspecified atom stereocenters. The molecule has 0 radical (unpaired) electrons. The summed E-state index contributed by atoms with van der Waals surface area (Å²) in [6.45, 7) is 10.1. The molecule has 0 saturated carbocycles. The number of hydrogen-bond acceptors (Lipinski definition) is 2. The van der Waals surface area contributed by atoms with Crippen molar-refractivity contribution >= 4 is 0 Å². The summed E-state index contributed by atoms with van der Waals surface area (Å²) in [5, 5.41) is 3.69. The molecule has 1 aromatic carbocycles. The van der Waals surface area contributed by atoms with Crippen molar-refractivity contribution in [3.8, 4) is 5.75 Å². The fourth-order valence-corrected chi connectivity index (χ4v) is 2.45. The number of nitrogens with one attached hydrogen (secondary N) is 1. The van der Waals surface area contributed by atoms with E-state index in [0.717, 1.165) is 24.1 Å². The highest BCUT2D eigenvalue weighted by Gasteiger charge is 2.12. The second kappa shape index (κ2) is 8.21. The van der Waals surface area contributed by atoms with Gasteiger partial charge in [-0.15, -0.1) is 0 Å². The molecule has 0 aliphatic heterocycles. The first kappa shape index (κ1) is 16.0. The highest BCUT2D eigenvalue weighted by atomic mass is 16.5. The van der Waals surface area contributed by atoms with Gasteiger partial charge in [-0.3, -0.25) is 0 Å². The zero-order valence-corrected chi connectivity index (χ0v) is 13.1. The lowest BCUT2D eigenvalue weighted by Gasteiger charge is -2.22. The molecule has 1 N–H and O–H groups in total. The van der Waals surface area contributed by atoms with Crippen molar-refractivity contribution < 1.29 is 4.74 Å².